The molecule has 0 unspecified atom stereocenters. The Morgan fingerprint density at radius 1 is 1.14 bits per heavy atom. The summed E-state index contributed by atoms with van der Waals surface area (Å²) in [6.07, 6.45) is 0.882. The zero-order chi connectivity index (χ0) is 16.1. The second-order valence-corrected chi connectivity index (χ2v) is 5.55. The van der Waals surface area contributed by atoms with Gasteiger partial charge in [0.2, 0.25) is 0 Å². The van der Waals surface area contributed by atoms with E-state index >= 15 is 0 Å². The Morgan fingerprint density at radius 3 is 2.59 bits per heavy atom. The van der Waals surface area contributed by atoms with Crippen LogP contribution >= 0.6 is 0 Å². The van der Waals surface area contributed by atoms with Crippen molar-refractivity contribution in [1.82, 2.24) is 0 Å². The van der Waals surface area contributed by atoms with Gasteiger partial charge >= 0.3 is 0 Å². The molecule has 0 atom stereocenters. The SMILES string of the molecule is CCc1ccccc1NC(=O)COc1cc(C)cc(C)c1C. The number of amides is 1. The van der Waals surface area contributed by atoms with Gasteiger partial charge in [-0.25, -0.2) is 0 Å². The highest BCUT2D eigenvalue weighted by atomic mass is 16.5. The zero-order valence-corrected chi connectivity index (χ0v) is 13.7. The van der Waals surface area contributed by atoms with Crippen LogP contribution in [0, 0.1) is 20.8 Å². The third-order valence-electron chi connectivity index (χ3n) is 3.80. The minimum atomic E-state index is -0.139. The van der Waals surface area contributed by atoms with E-state index in [2.05, 4.69) is 18.3 Å². The Balaban J connectivity index is 2.02. The van der Waals surface area contributed by atoms with Gasteiger partial charge < -0.3 is 10.1 Å². The molecular weight excluding hydrogens is 274 g/mol. The number of rotatable bonds is 5. The Morgan fingerprint density at radius 2 is 1.86 bits per heavy atom. The van der Waals surface area contributed by atoms with E-state index in [-0.39, 0.29) is 12.5 Å². The lowest BCUT2D eigenvalue weighted by Gasteiger charge is -2.13. The van der Waals surface area contributed by atoms with E-state index in [0.717, 1.165) is 34.5 Å². The fourth-order valence-electron chi connectivity index (χ4n) is 2.43. The van der Waals surface area contributed by atoms with Crippen LogP contribution in [0.1, 0.15) is 29.2 Å². The molecule has 0 spiro atoms. The van der Waals surface area contributed by atoms with Crippen molar-refractivity contribution in [3.8, 4) is 5.75 Å². The van der Waals surface area contributed by atoms with Crippen LogP contribution in [0.15, 0.2) is 36.4 Å². The number of anilines is 1. The molecule has 0 heterocycles. The Hall–Kier alpha value is -2.29. The second-order valence-electron chi connectivity index (χ2n) is 5.55. The van der Waals surface area contributed by atoms with Crippen LogP contribution in [-0.2, 0) is 11.2 Å². The van der Waals surface area contributed by atoms with Gasteiger partial charge in [-0.3, -0.25) is 4.79 Å². The minimum Gasteiger partial charge on any atom is -0.483 e. The van der Waals surface area contributed by atoms with Gasteiger partial charge in [0.05, 0.1) is 0 Å². The third kappa shape index (κ3) is 3.88. The van der Waals surface area contributed by atoms with E-state index in [1.807, 2.05) is 51.1 Å². The Kier molecular flexibility index (Phi) is 5.21. The highest BCUT2D eigenvalue weighted by Crippen LogP contribution is 2.23. The molecule has 0 saturated carbocycles. The van der Waals surface area contributed by atoms with Crippen LogP contribution in [0.25, 0.3) is 0 Å². The van der Waals surface area contributed by atoms with Gasteiger partial charge in [-0.15, -0.1) is 0 Å². The maximum absolute atomic E-state index is 12.1. The van der Waals surface area contributed by atoms with Crippen LogP contribution in [-0.4, -0.2) is 12.5 Å². The van der Waals surface area contributed by atoms with Crippen molar-refractivity contribution in [1.29, 1.82) is 0 Å². The molecular formula is C19H23NO2. The second kappa shape index (κ2) is 7.12. The molecule has 0 aliphatic heterocycles. The highest BCUT2D eigenvalue weighted by Gasteiger charge is 2.09. The highest BCUT2D eigenvalue weighted by molar-refractivity contribution is 5.92. The lowest BCUT2D eigenvalue weighted by atomic mass is 10.1. The summed E-state index contributed by atoms with van der Waals surface area (Å²) in [6.45, 7) is 8.17. The summed E-state index contributed by atoms with van der Waals surface area (Å²) in [6, 6.07) is 11.9. The van der Waals surface area contributed by atoms with Crippen molar-refractivity contribution in [3.63, 3.8) is 0 Å². The smallest absolute Gasteiger partial charge is 0.262 e. The van der Waals surface area contributed by atoms with Crippen LogP contribution in [0.3, 0.4) is 0 Å². The average molecular weight is 297 g/mol. The maximum Gasteiger partial charge on any atom is 0.262 e. The van der Waals surface area contributed by atoms with Crippen LogP contribution in [0.4, 0.5) is 5.69 Å². The average Bonchev–Trinajstić information content (AvgIpc) is 2.50. The predicted octanol–water partition coefficient (Wildman–Crippen LogP) is 4.19. The van der Waals surface area contributed by atoms with Crippen molar-refractivity contribution < 1.29 is 9.53 Å². The number of hydrogen-bond donors (Lipinski definition) is 1. The quantitative estimate of drug-likeness (QED) is 0.898. The standard InChI is InChI=1S/C19H23NO2/c1-5-16-8-6-7-9-17(16)20-19(21)12-22-18-11-13(2)10-14(3)15(18)4/h6-11H,5,12H2,1-4H3,(H,20,21). The topological polar surface area (TPSA) is 38.3 Å². The molecule has 22 heavy (non-hydrogen) atoms. The summed E-state index contributed by atoms with van der Waals surface area (Å²) in [5, 5.41) is 2.92. The number of carbonyl (C=O) groups excluding carboxylic acids is 1. The van der Waals surface area contributed by atoms with Gasteiger partial charge in [-0.05, 0) is 61.6 Å². The van der Waals surface area contributed by atoms with Crippen LogP contribution < -0.4 is 10.1 Å². The molecule has 0 aliphatic carbocycles. The van der Waals surface area contributed by atoms with E-state index in [1.165, 1.54) is 5.56 Å². The van der Waals surface area contributed by atoms with Crippen LogP contribution in [0.2, 0.25) is 0 Å². The lowest BCUT2D eigenvalue weighted by Crippen LogP contribution is -2.21. The normalized spacial score (nSPS) is 10.4. The molecule has 0 saturated heterocycles. The van der Waals surface area contributed by atoms with E-state index in [1.54, 1.807) is 0 Å². The summed E-state index contributed by atoms with van der Waals surface area (Å²) >= 11 is 0. The van der Waals surface area contributed by atoms with Crippen molar-refractivity contribution >= 4 is 11.6 Å². The first kappa shape index (κ1) is 16.1. The van der Waals surface area contributed by atoms with Crippen LogP contribution in [0.5, 0.6) is 5.75 Å². The lowest BCUT2D eigenvalue weighted by molar-refractivity contribution is -0.118. The van der Waals surface area contributed by atoms with Crippen molar-refractivity contribution in [3.05, 3.63) is 58.7 Å². The van der Waals surface area contributed by atoms with Crippen molar-refractivity contribution in [2.24, 2.45) is 0 Å². The first-order valence-corrected chi connectivity index (χ1v) is 7.59. The molecule has 0 bridgehead atoms. The molecule has 116 valence electrons. The molecule has 2 rings (SSSR count). The van der Waals surface area contributed by atoms with E-state index in [4.69, 9.17) is 4.74 Å². The van der Waals surface area contributed by atoms with Gasteiger partial charge in [-0.2, -0.15) is 0 Å². The van der Waals surface area contributed by atoms with Gasteiger partial charge in [0.1, 0.15) is 5.75 Å². The van der Waals surface area contributed by atoms with Gasteiger partial charge in [-0.1, -0.05) is 31.2 Å². The van der Waals surface area contributed by atoms with E-state index in [0.29, 0.717) is 0 Å². The summed E-state index contributed by atoms with van der Waals surface area (Å²) in [5.41, 5.74) is 5.36. The number of ether oxygens (including phenoxy) is 1. The Bertz CT molecular complexity index is 677. The number of carbonyl (C=O) groups is 1. The molecule has 1 N–H and O–H groups in total. The molecule has 0 aliphatic rings. The van der Waals surface area contributed by atoms with Crippen molar-refractivity contribution in [2.45, 2.75) is 34.1 Å². The zero-order valence-electron chi connectivity index (χ0n) is 13.7. The fourth-order valence-corrected chi connectivity index (χ4v) is 2.43. The maximum atomic E-state index is 12.1. The van der Waals surface area contributed by atoms with Crippen molar-refractivity contribution in [2.75, 3.05) is 11.9 Å². The van der Waals surface area contributed by atoms with Gasteiger partial charge in [0.15, 0.2) is 6.61 Å². The van der Waals surface area contributed by atoms with E-state index < -0.39 is 0 Å². The van der Waals surface area contributed by atoms with E-state index in [9.17, 15) is 4.79 Å². The molecule has 3 nitrogen and oxygen atoms in total. The number of benzene rings is 2. The summed E-state index contributed by atoms with van der Waals surface area (Å²) < 4.78 is 5.69. The molecule has 0 radical (unpaired) electrons. The predicted molar refractivity (Wildman–Crippen MR) is 90.6 cm³/mol. The summed E-state index contributed by atoms with van der Waals surface area (Å²) in [7, 11) is 0. The number of hydrogen-bond acceptors (Lipinski definition) is 2. The monoisotopic (exact) mass is 297 g/mol. The molecule has 0 fully saturated rings. The molecule has 2 aromatic carbocycles. The molecule has 3 heteroatoms. The number of aryl methyl sites for hydroxylation is 3. The van der Waals surface area contributed by atoms with Gasteiger partial charge in [0, 0.05) is 5.69 Å². The molecule has 0 aromatic heterocycles. The van der Waals surface area contributed by atoms with Gasteiger partial charge in [0.25, 0.3) is 5.91 Å². The summed E-state index contributed by atoms with van der Waals surface area (Å²) in [5.74, 6) is 0.635. The number of nitrogens with one attached hydrogen (secondary N) is 1. The summed E-state index contributed by atoms with van der Waals surface area (Å²) in [4.78, 5) is 12.1. The first-order valence-electron chi connectivity index (χ1n) is 7.59. The first-order chi connectivity index (χ1) is 10.5. The molecule has 2 aromatic rings. The third-order valence-corrected chi connectivity index (χ3v) is 3.80. The minimum absolute atomic E-state index is 0.0157. The largest absolute Gasteiger partial charge is 0.483 e. The number of para-hydroxylation sites is 1. The Labute approximate surface area is 132 Å². The molecule has 1 amide bonds. The fraction of sp³-hybridized carbons (Fsp3) is 0.316.